The highest BCUT2D eigenvalue weighted by molar-refractivity contribution is 7.91. The average Bonchev–Trinajstić information content (AvgIpc) is 3.08. The van der Waals surface area contributed by atoms with Gasteiger partial charge >= 0.3 is 12.4 Å². The molecule has 4 aromatic rings. The minimum atomic E-state index is -5.76. The first-order chi connectivity index (χ1) is 23.3. The summed E-state index contributed by atoms with van der Waals surface area (Å²) in [5.74, 6) is 0.244. The highest BCUT2D eigenvalue weighted by atomic mass is 32.2. The maximum atomic E-state index is 14.7. The molecule has 0 radical (unpaired) electrons. The largest absolute Gasteiger partial charge is 0.488 e. The van der Waals surface area contributed by atoms with Crippen LogP contribution in [0.3, 0.4) is 0 Å². The fourth-order valence-corrected chi connectivity index (χ4v) is 7.12. The lowest BCUT2D eigenvalue weighted by Gasteiger charge is -2.38. The highest BCUT2D eigenvalue weighted by Gasteiger charge is 2.72. The third-order valence-corrected chi connectivity index (χ3v) is 11.9. The van der Waals surface area contributed by atoms with Gasteiger partial charge in [0.1, 0.15) is 22.8 Å². The smallest absolute Gasteiger partial charge is 0.411 e. The molecule has 0 atom stereocenters. The Balaban J connectivity index is 1.60. The summed E-state index contributed by atoms with van der Waals surface area (Å²) in [4.78, 5) is 0.104. The van der Waals surface area contributed by atoms with Gasteiger partial charge in [0.15, 0.2) is 0 Å². The standard InChI is InChI=1S/C39H42F6O4S/c1-7-35(5,8-2)27-15-23-33(24-16-27)50(46,47)34-25-21-31(22-26-34)48-30-17-11-28(12-18-30)37(38(40,41)42,39(43,44)45)29-13-19-32(20-14-29)49-36(6,9-3)10-4/h11-26H,7-10H2,1-6H3. The number of sulfone groups is 1. The van der Waals surface area contributed by atoms with Gasteiger partial charge in [-0.05, 0) is 115 Å². The summed E-state index contributed by atoms with van der Waals surface area (Å²) >= 11 is 0. The van der Waals surface area contributed by atoms with Crippen LogP contribution in [0.4, 0.5) is 26.3 Å². The first-order valence-electron chi connectivity index (χ1n) is 16.5. The maximum absolute atomic E-state index is 14.7. The van der Waals surface area contributed by atoms with Crippen molar-refractivity contribution in [3.63, 3.8) is 0 Å². The minimum absolute atomic E-state index is 0.00716. The lowest BCUT2D eigenvalue weighted by atomic mass is 9.73. The first-order valence-corrected chi connectivity index (χ1v) is 18.0. The summed E-state index contributed by atoms with van der Waals surface area (Å²) < 4.78 is 126. The third-order valence-electron chi connectivity index (χ3n) is 10.1. The molecule has 4 nitrogen and oxygen atoms in total. The molecule has 0 aliphatic heterocycles. The van der Waals surface area contributed by atoms with Gasteiger partial charge in [-0.3, -0.25) is 0 Å². The molecule has 0 aromatic heterocycles. The van der Waals surface area contributed by atoms with E-state index in [-0.39, 0.29) is 32.5 Å². The van der Waals surface area contributed by atoms with Crippen molar-refractivity contribution < 1.29 is 44.2 Å². The van der Waals surface area contributed by atoms with Gasteiger partial charge in [0.25, 0.3) is 0 Å². The summed E-state index contributed by atoms with van der Waals surface area (Å²) in [5.41, 5.74) is -6.06. The van der Waals surface area contributed by atoms with E-state index in [9.17, 15) is 34.8 Å². The third kappa shape index (κ3) is 7.38. The van der Waals surface area contributed by atoms with Crippen LogP contribution in [-0.4, -0.2) is 26.4 Å². The van der Waals surface area contributed by atoms with E-state index in [0.29, 0.717) is 12.8 Å². The van der Waals surface area contributed by atoms with Crippen molar-refractivity contribution in [2.24, 2.45) is 0 Å². The summed E-state index contributed by atoms with van der Waals surface area (Å²) in [7, 11) is -3.87. The molecule has 0 saturated heterocycles. The van der Waals surface area contributed by atoms with E-state index in [0.717, 1.165) is 66.9 Å². The van der Waals surface area contributed by atoms with Crippen molar-refractivity contribution in [3.8, 4) is 17.2 Å². The highest BCUT2D eigenvalue weighted by Crippen LogP contribution is 2.56. The second-order valence-corrected chi connectivity index (χ2v) is 14.9. The van der Waals surface area contributed by atoms with Crippen molar-refractivity contribution in [2.45, 2.75) is 106 Å². The second-order valence-electron chi connectivity index (χ2n) is 12.9. The van der Waals surface area contributed by atoms with E-state index in [2.05, 4.69) is 20.8 Å². The molecule has 270 valence electrons. The van der Waals surface area contributed by atoms with Gasteiger partial charge in [-0.2, -0.15) is 26.3 Å². The Morgan fingerprint density at radius 1 is 0.500 bits per heavy atom. The Morgan fingerprint density at radius 3 is 1.20 bits per heavy atom. The molecule has 11 heteroatoms. The second kappa shape index (κ2) is 14.3. The first kappa shape index (κ1) is 38.8. The molecule has 0 spiro atoms. The maximum Gasteiger partial charge on any atom is 0.411 e. The van der Waals surface area contributed by atoms with Gasteiger partial charge < -0.3 is 9.47 Å². The zero-order valence-corrected chi connectivity index (χ0v) is 29.7. The van der Waals surface area contributed by atoms with E-state index in [1.54, 1.807) is 12.1 Å². The van der Waals surface area contributed by atoms with Gasteiger partial charge in [-0.15, -0.1) is 0 Å². The Bertz CT molecular complexity index is 1810. The molecule has 0 heterocycles. The molecule has 50 heavy (non-hydrogen) atoms. The Hall–Kier alpha value is -3.99. The van der Waals surface area contributed by atoms with E-state index in [1.807, 2.05) is 32.9 Å². The SMILES string of the molecule is CCC(C)(CC)Oc1ccc(C(c2ccc(Oc3ccc(S(=O)(=O)c4ccc(C(C)(CC)CC)cc4)cc3)cc2)(C(F)(F)F)C(F)(F)F)cc1. The normalized spacial score (nSPS) is 13.3. The number of hydrogen-bond donors (Lipinski definition) is 0. The number of ether oxygens (including phenoxy) is 2. The van der Waals surface area contributed by atoms with E-state index < -0.39 is 44.3 Å². The lowest BCUT2D eigenvalue weighted by molar-refractivity contribution is -0.288. The number of rotatable bonds is 13. The van der Waals surface area contributed by atoms with Crippen molar-refractivity contribution in [3.05, 3.63) is 114 Å². The van der Waals surface area contributed by atoms with Gasteiger partial charge in [0, 0.05) is 0 Å². The number of halogens is 6. The number of hydrogen-bond acceptors (Lipinski definition) is 4. The lowest BCUT2D eigenvalue weighted by Crippen LogP contribution is -2.54. The molecule has 0 unspecified atom stereocenters. The predicted octanol–water partition coefficient (Wildman–Crippen LogP) is 11.8. The molecular formula is C39H42F6O4S. The van der Waals surface area contributed by atoms with E-state index in [4.69, 9.17) is 9.47 Å². The molecule has 0 bridgehead atoms. The molecule has 0 N–H and O–H groups in total. The molecule has 0 fully saturated rings. The summed E-state index contributed by atoms with van der Waals surface area (Å²) in [6.07, 6.45) is -8.55. The van der Waals surface area contributed by atoms with Gasteiger partial charge in [0.05, 0.1) is 9.79 Å². The molecule has 4 aromatic carbocycles. The van der Waals surface area contributed by atoms with Crippen LogP contribution in [0, 0.1) is 0 Å². The zero-order valence-electron chi connectivity index (χ0n) is 28.9. The van der Waals surface area contributed by atoms with Crippen molar-refractivity contribution in [1.29, 1.82) is 0 Å². The molecule has 0 saturated carbocycles. The fourth-order valence-electron chi connectivity index (χ4n) is 5.86. The van der Waals surface area contributed by atoms with Gasteiger partial charge in [0.2, 0.25) is 15.3 Å². The van der Waals surface area contributed by atoms with Crippen molar-refractivity contribution in [2.75, 3.05) is 0 Å². The summed E-state index contributed by atoms with van der Waals surface area (Å²) in [6, 6.07) is 19.5. The van der Waals surface area contributed by atoms with Crippen LogP contribution in [0.2, 0.25) is 0 Å². The Morgan fingerprint density at radius 2 is 0.840 bits per heavy atom. The number of benzene rings is 4. The van der Waals surface area contributed by atoms with Crippen LogP contribution in [-0.2, 0) is 20.7 Å². The van der Waals surface area contributed by atoms with Crippen LogP contribution < -0.4 is 9.47 Å². The summed E-state index contributed by atoms with van der Waals surface area (Å²) in [6.45, 7) is 11.8. The quantitative estimate of drug-likeness (QED) is 0.129. The minimum Gasteiger partial charge on any atom is -0.488 e. The van der Waals surface area contributed by atoms with Crippen LogP contribution in [0.15, 0.2) is 107 Å². The van der Waals surface area contributed by atoms with E-state index >= 15 is 0 Å². The topological polar surface area (TPSA) is 52.6 Å². The molecule has 4 rings (SSSR count). The monoisotopic (exact) mass is 720 g/mol. The van der Waals surface area contributed by atoms with Crippen molar-refractivity contribution in [1.82, 2.24) is 0 Å². The molecule has 0 aliphatic rings. The van der Waals surface area contributed by atoms with Crippen LogP contribution in [0.5, 0.6) is 17.2 Å². The van der Waals surface area contributed by atoms with Gasteiger partial charge in [-0.25, -0.2) is 8.42 Å². The average molecular weight is 721 g/mol. The Kier molecular flexibility index (Phi) is 11.1. The fraction of sp³-hybridized carbons (Fsp3) is 0.385. The van der Waals surface area contributed by atoms with Crippen LogP contribution in [0.25, 0.3) is 0 Å². The predicted molar refractivity (Wildman–Crippen MR) is 182 cm³/mol. The van der Waals surface area contributed by atoms with Crippen molar-refractivity contribution >= 4 is 9.84 Å². The summed E-state index contributed by atoms with van der Waals surface area (Å²) in [5, 5.41) is 0. The van der Waals surface area contributed by atoms with Gasteiger partial charge in [-0.1, -0.05) is 71.0 Å². The van der Waals surface area contributed by atoms with Crippen LogP contribution in [0.1, 0.15) is 83.9 Å². The van der Waals surface area contributed by atoms with E-state index in [1.165, 1.54) is 24.3 Å². The molecular weight excluding hydrogens is 678 g/mol. The van der Waals surface area contributed by atoms with Crippen LogP contribution >= 0.6 is 0 Å². The zero-order chi connectivity index (χ0) is 37.2. The molecule has 0 aliphatic carbocycles. The number of alkyl halides is 6. The molecule has 0 amide bonds. The Labute approximate surface area is 290 Å².